The van der Waals surface area contributed by atoms with Crippen LogP contribution in [0, 0.1) is 0 Å². The zero-order chi connectivity index (χ0) is 11.3. The van der Waals surface area contributed by atoms with Crippen molar-refractivity contribution in [2.24, 2.45) is 0 Å². The lowest BCUT2D eigenvalue weighted by Crippen LogP contribution is -2.06. The van der Waals surface area contributed by atoms with E-state index in [2.05, 4.69) is 22.9 Å². The zero-order valence-electron chi connectivity index (χ0n) is 8.69. The second-order valence-corrected chi connectivity index (χ2v) is 3.06. The Hall–Kier alpha value is -1.90. The molecule has 0 amide bonds. The van der Waals surface area contributed by atoms with Crippen molar-refractivity contribution >= 4 is 12.0 Å². The Morgan fingerprint density at radius 1 is 1.67 bits per heavy atom. The van der Waals surface area contributed by atoms with Gasteiger partial charge in [-0.15, -0.1) is 0 Å². The van der Waals surface area contributed by atoms with Gasteiger partial charge < -0.3 is 4.74 Å². The number of hydrogen-bond acceptors (Lipinski definition) is 3. The summed E-state index contributed by atoms with van der Waals surface area (Å²) in [5, 5.41) is 0. The van der Waals surface area contributed by atoms with Crippen LogP contribution in [0.1, 0.15) is 11.3 Å². The summed E-state index contributed by atoms with van der Waals surface area (Å²) >= 11 is 0. The lowest BCUT2D eigenvalue weighted by Gasteiger charge is -2.04. The smallest absolute Gasteiger partial charge is 0.333 e. The van der Waals surface area contributed by atoms with Crippen molar-refractivity contribution in [2.75, 3.05) is 7.11 Å². The molecule has 1 aromatic rings. The normalized spacial score (nSPS) is 9.40. The van der Waals surface area contributed by atoms with Crippen LogP contribution in [0.2, 0.25) is 0 Å². The molecule has 0 N–H and O–H groups in total. The molecule has 15 heavy (non-hydrogen) atoms. The van der Waals surface area contributed by atoms with Gasteiger partial charge in [0.25, 0.3) is 0 Å². The Morgan fingerprint density at radius 2 is 2.40 bits per heavy atom. The van der Waals surface area contributed by atoms with Crippen LogP contribution in [0.4, 0.5) is 0 Å². The number of ether oxygens (including phenoxy) is 1. The number of carbonyl (C=O) groups is 1. The Morgan fingerprint density at radius 3 is 3.00 bits per heavy atom. The van der Waals surface area contributed by atoms with E-state index in [0.29, 0.717) is 12.0 Å². The molecular weight excluding hydrogens is 190 g/mol. The van der Waals surface area contributed by atoms with Crippen LogP contribution < -0.4 is 0 Å². The highest BCUT2D eigenvalue weighted by Gasteiger charge is 2.07. The Kier molecular flexibility index (Phi) is 3.80. The van der Waals surface area contributed by atoms with E-state index in [1.54, 1.807) is 12.3 Å². The van der Waals surface area contributed by atoms with E-state index in [1.807, 2.05) is 12.1 Å². The fourth-order valence-corrected chi connectivity index (χ4v) is 1.18. The van der Waals surface area contributed by atoms with Crippen molar-refractivity contribution in [2.45, 2.75) is 6.42 Å². The summed E-state index contributed by atoms with van der Waals surface area (Å²) in [5.74, 6) is -0.382. The lowest BCUT2D eigenvalue weighted by atomic mass is 10.1. The summed E-state index contributed by atoms with van der Waals surface area (Å²) in [5.41, 5.74) is 2.18. The van der Waals surface area contributed by atoms with Gasteiger partial charge in [-0.25, -0.2) is 4.79 Å². The SMILES string of the molecule is C=Cc1cc(CC(=C)C(=O)OC)ccn1. The average Bonchev–Trinajstić information content (AvgIpc) is 2.28. The minimum absolute atomic E-state index is 0.382. The topological polar surface area (TPSA) is 39.2 Å². The van der Waals surface area contributed by atoms with Crippen LogP contribution >= 0.6 is 0 Å². The van der Waals surface area contributed by atoms with Gasteiger partial charge in [0.15, 0.2) is 0 Å². The van der Waals surface area contributed by atoms with E-state index >= 15 is 0 Å². The number of nitrogens with zero attached hydrogens (tertiary/aromatic N) is 1. The van der Waals surface area contributed by atoms with Gasteiger partial charge in [-0.2, -0.15) is 0 Å². The van der Waals surface area contributed by atoms with Crippen molar-refractivity contribution in [3.8, 4) is 0 Å². The molecule has 3 nitrogen and oxygen atoms in total. The minimum Gasteiger partial charge on any atom is -0.466 e. The predicted octanol–water partition coefficient (Wildman–Crippen LogP) is 2.00. The highest BCUT2D eigenvalue weighted by molar-refractivity contribution is 5.88. The van der Waals surface area contributed by atoms with Crippen LogP contribution in [-0.4, -0.2) is 18.1 Å². The van der Waals surface area contributed by atoms with Gasteiger partial charge in [-0.05, 0) is 23.8 Å². The molecule has 0 atom stereocenters. The van der Waals surface area contributed by atoms with Crippen LogP contribution in [0.25, 0.3) is 6.08 Å². The van der Waals surface area contributed by atoms with E-state index in [9.17, 15) is 4.79 Å². The second-order valence-electron chi connectivity index (χ2n) is 3.06. The van der Waals surface area contributed by atoms with Crippen LogP contribution in [0.5, 0.6) is 0 Å². The van der Waals surface area contributed by atoms with E-state index in [1.165, 1.54) is 7.11 Å². The quantitative estimate of drug-likeness (QED) is 0.555. The third-order valence-corrected chi connectivity index (χ3v) is 1.95. The van der Waals surface area contributed by atoms with Crippen LogP contribution in [-0.2, 0) is 16.0 Å². The number of hydrogen-bond donors (Lipinski definition) is 0. The molecule has 78 valence electrons. The molecule has 0 bridgehead atoms. The maximum Gasteiger partial charge on any atom is 0.333 e. The monoisotopic (exact) mass is 203 g/mol. The molecule has 0 aliphatic rings. The highest BCUT2D eigenvalue weighted by atomic mass is 16.5. The van der Waals surface area contributed by atoms with Gasteiger partial charge in [0.05, 0.1) is 12.8 Å². The number of carbonyl (C=O) groups excluding carboxylic acids is 1. The van der Waals surface area contributed by atoms with Gasteiger partial charge in [-0.3, -0.25) is 4.98 Å². The molecule has 3 heteroatoms. The molecule has 0 unspecified atom stereocenters. The summed E-state index contributed by atoms with van der Waals surface area (Å²) in [4.78, 5) is 15.2. The fourth-order valence-electron chi connectivity index (χ4n) is 1.18. The van der Waals surface area contributed by atoms with Crippen LogP contribution in [0.3, 0.4) is 0 Å². The number of rotatable bonds is 4. The molecule has 0 aromatic carbocycles. The van der Waals surface area contributed by atoms with E-state index in [4.69, 9.17) is 0 Å². The van der Waals surface area contributed by atoms with Crippen molar-refractivity contribution in [1.29, 1.82) is 0 Å². The first-order valence-electron chi connectivity index (χ1n) is 4.51. The molecule has 0 spiro atoms. The van der Waals surface area contributed by atoms with Gasteiger partial charge >= 0.3 is 5.97 Å². The Balaban J connectivity index is 2.76. The third kappa shape index (κ3) is 3.06. The van der Waals surface area contributed by atoms with Crippen molar-refractivity contribution in [3.05, 3.63) is 48.3 Å². The first-order valence-corrected chi connectivity index (χ1v) is 4.51. The molecule has 1 aromatic heterocycles. The molecule has 1 heterocycles. The standard InChI is InChI=1S/C12H13NO2/c1-4-11-8-10(5-6-13-11)7-9(2)12(14)15-3/h4-6,8H,1-2,7H2,3H3. The van der Waals surface area contributed by atoms with Crippen molar-refractivity contribution in [3.63, 3.8) is 0 Å². The maximum atomic E-state index is 11.1. The van der Waals surface area contributed by atoms with E-state index in [-0.39, 0.29) is 5.97 Å². The number of esters is 1. The average molecular weight is 203 g/mol. The molecular formula is C12H13NO2. The van der Waals surface area contributed by atoms with Gasteiger partial charge in [0.1, 0.15) is 0 Å². The molecule has 0 fully saturated rings. The summed E-state index contributed by atoms with van der Waals surface area (Å²) in [6.45, 7) is 7.28. The maximum absolute atomic E-state index is 11.1. The molecule has 0 saturated carbocycles. The lowest BCUT2D eigenvalue weighted by molar-refractivity contribution is -0.136. The molecule has 0 aliphatic heterocycles. The van der Waals surface area contributed by atoms with Crippen molar-refractivity contribution < 1.29 is 9.53 Å². The second kappa shape index (κ2) is 5.10. The van der Waals surface area contributed by atoms with Crippen molar-refractivity contribution in [1.82, 2.24) is 4.98 Å². The summed E-state index contributed by atoms with van der Waals surface area (Å²) < 4.78 is 4.57. The first kappa shape index (κ1) is 11.2. The predicted molar refractivity (Wildman–Crippen MR) is 59.2 cm³/mol. The van der Waals surface area contributed by atoms with E-state index < -0.39 is 0 Å². The minimum atomic E-state index is -0.382. The van der Waals surface area contributed by atoms with Gasteiger partial charge in [0, 0.05) is 18.2 Å². The molecule has 0 aliphatic carbocycles. The summed E-state index contributed by atoms with van der Waals surface area (Å²) in [6.07, 6.45) is 3.80. The highest BCUT2D eigenvalue weighted by Crippen LogP contribution is 2.09. The van der Waals surface area contributed by atoms with Crippen LogP contribution in [0.15, 0.2) is 37.1 Å². The summed E-state index contributed by atoms with van der Waals surface area (Å²) in [6, 6.07) is 3.70. The largest absolute Gasteiger partial charge is 0.466 e. The Bertz CT molecular complexity index is 396. The third-order valence-electron chi connectivity index (χ3n) is 1.95. The number of pyridine rings is 1. The van der Waals surface area contributed by atoms with E-state index in [0.717, 1.165) is 11.3 Å². The van der Waals surface area contributed by atoms with Gasteiger partial charge in [-0.1, -0.05) is 13.2 Å². The number of aromatic nitrogens is 1. The molecule has 1 rings (SSSR count). The Labute approximate surface area is 89.1 Å². The summed E-state index contributed by atoms with van der Waals surface area (Å²) in [7, 11) is 1.34. The number of methoxy groups -OCH3 is 1. The van der Waals surface area contributed by atoms with Gasteiger partial charge in [0.2, 0.25) is 0 Å². The molecule has 0 saturated heterocycles. The first-order chi connectivity index (χ1) is 7.17. The zero-order valence-corrected chi connectivity index (χ0v) is 8.69. The fraction of sp³-hybridized carbons (Fsp3) is 0.167. The molecule has 0 radical (unpaired) electrons.